The minimum Gasteiger partial charge on any atom is -0.381 e. The van der Waals surface area contributed by atoms with Gasteiger partial charge in [-0.3, -0.25) is 9.59 Å². The molecule has 0 radical (unpaired) electrons. The van der Waals surface area contributed by atoms with Crippen LogP contribution >= 0.6 is 0 Å². The molecule has 18 heavy (non-hydrogen) atoms. The molecule has 0 heterocycles. The Bertz CT molecular complexity index is 368. The first kappa shape index (κ1) is 15.1. The maximum absolute atomic E-state index is 12.2. The van der Waals surface area contributed by atoms with Gasteiger partial charge in [0.05, 0.1) is 0 Å². The average molecular weight is 252 g/mol. The summed E-state index contributed by atoms with van der Waals surface area (Å²) in [4.78, 5) is 24.3. The normalized spacial score (nSPS) is 34.3. The molecule has 102 valence electrons. The summed E-state index contributed by atoms with van der Waals surface area (Å²) in [7, 11) is 0. The van der Waals surface area contributed by atoms with E-state index in [1.54, 1.807) is 13.8 Å². The lowest BCUT2D eigenvalue weighted by Gasteiger charge is -2.31. The Labute approximate surface area is 109 Å². The maximum atomic E-state index is 12.2. The molecule has 3 heteroatoms. The third-order valence-electron chi connectivity index (χ3n) is 3.96. The van der Waals surface area contributed by atoms with Crippen molar-refractivity contribution in [1.29, 1.82) is 0 Å². The zero-order valence-electron chi connectivity index (χ0n) is 11.8. The zero-order valence-corrected chi connectivity index (χ0v) is 11.8. The minimum atomic E-state index is -1.50. The summed E-state index contributed by atoms with van der Waals surface area (Å²) < 4.78 is 0. The largest absolute Gasteiger partial charge is 0.381 e. The molecule has 0 spiro atoms. The second-order valence-electron chi connectivity index (χ2n) is 5.85. The van der Waals surface area contributed by atoms with E-state index >= 15 is 0 Å². The predicted molar refractivity (Wildman–Crippen MR) is 71.2 cm³/mol. The van der Waals surface area contributed by atoms with Crippen molar-refractivity contribution >= 4 is 11.6 Å². The molecule has 1 N–H and O–H groups in total. The number of Topliss-reactive ketones (excluding diaryl/α,β-unsaturated/α-hetero) is 2. The third kappa shape index (κ3) is 3.29. The second-order valence-corrected chi connectivity index (χ2v) is 5.85. The molecule has 0 fully saturated rings. The monoisotopic (exact) mass is 252 g/mol. The molecule has 0 aromatic rings. The number of carbonyl (C=O) groups excluding carboxylic acids is 2. The maximum Gasteiger partial charge on any atom is 0.169 e. The van der Waals surface area contributed by atoms with Crippen molar-refractivity contribution < 1.29 is 14.7 Å². The van der Waals surface area contributed by atoms with E-state index in [0.717, 1.165) is 18.4 Å². The van der Waals surface area contributed by atoms with Gasteiger partial charge in [-0.25, -0.2) is 0 Å². The van der Waals surface area contributed by atoms with Gasteiger partial charge in [0.15, 0.2) is 5.78 Å². The Balaban J connectivity index is 3.07. The summed E-state index contributed by atoms with van der Waals surface area (Å²) >= 11 is 0. The summed E-state index contributed by atoms with van der Waals surface area (Å²) in [5.74, 6) is -0.570. The van der Waals surface area contributed by atoms with Crippen LogP contribution in [0.3, 0.4) is 0 Å². The highest BCUT2D eigenvalue weighted by Crippen LogP contribution is 2.29. The summed E-state index contributed by atoms with van der Waals surface area (Å²) in [6.07, 6.45) is 3.83. The number of hydrogen-bond acceptors (Lipinski definition) is 3. The first-order valence-corrected chi connectivity index (χ1v) is 6.71. The van der Waals surface area contributed by atoms with Gasteiger partial charge in [-0.15, -0.1) is 0 Å². The number of hydrogen-bond donors (Lipinski definition) is 1. The molecule has 0 aromatic carbocycles. The summed E-state index contributed by atoms with van der Waals surface area (Å²) in [6, 6.07) is 0. The van der Waals surface area contributed by atoms with Crippen LogP contribution in [0, 0.1) is 11.8 Å². The Hall–Kier alpha value is -0.960. The Morgan fingerprint density at radius 3 is 2.56 bits per heavy atom. The molecular weight excluding hydrogens is 228 g/mol. The van der Waals surface area contributed by atoms with Crippen LogP contribution in [0.5, 0.6) is 0 Å². The Morgan fingerprint density at radius 2 is 2.00 bits per heavy atom. The van der Waals surface area contributed by atoms with Crippen molar-refractivity contribution in [2.75, 3.05) is 0 Å². The van der Waals surface area contributed by atoms with Crippen LogP contribution in [-0.2, 0) is 9.59 Å². The van der Waals surface area contributed by atoms with Gasteiger partial charge in [0.2, 0.25) is 0 Å². The van der Waals surface area contributed by atoms with Gasteiger partial charge >= 0.3 is 0 Å². The molecule has 0 amide bonds. The van der Waals surface area contributed by atoms with Gasteiger partial charge in [-0.2, -0.15) is 0 Å². The number of allylic oxidation sites excluding steroid dienone is 2. The van der Waals surface area contributed by atoms with Crippen LogP contribution < -0.4 is 0 Å². The Kier molecular flexibility index (Phi) is 4.85. The van der Waals surface area contributed by atoms with E-state index in [-0.39, 0.29) is 36.2 Å². The molecule has 1 rings (SSSR count). The van der Waals surface area contributed by atoms with Gasteiger partial charge in [0.25, 0.3) is 0 Å². The SMILES string of the molecule is C/C1=C\CC[C@H](C)C(=O)C[C@@](O)(C(C)C)C(=O)C1. The molecule has 0 saturated heterocycles. The van der Waals surface area contributed by atoms with Crippen molar-refractivity contribution in [3.8, 4) is 0 Å². The second kappa shape index (κ2) is 5.79. The van der Waals surface area contributed by atoms with E-state index in [9.17, 15) is 14.7 Å². The van der Waals surface area contributed by atoms with Crippen molar-refractivity contribution in [3.63, 3.8) is 0 Å². The highest BCUT2D eigenvalue weighted by atomic mass is 16.3. The lowest BCUT2D eigenvalue weighted by molar-refractivity contribution is -0.148. The van der Waals surface area contributed by atoms with E-state index in [1.807, 2.05) is 19.9 Å². The summed E-state index contributed by atoms with van der Waals surface area (Å²) in [5.41, 5.74) is -0.516. The van der Waals surface area contributed by atoms with E-state index < -0.39 is 5.60 Å². The molecule has 1 aliphatic rings. The van der Waals surface area contributed by atoms with Crippen LogP contribution in [0.4, 0.5) is 0 Å². The third-order valence-corrected chi connectivity index (χ3v) is 3.96. The minimum absolute atomic E-state index is 0.00694. The molecule has 3 nitrogen and oxygen atoms in total. The topological polar surface area (TPSA) is 54.4 Å². The molecule has 0 saturated carbocycles. The van der Waals surface area contributed by atoms with E-state index in [1.165, 1.54) is 0 Å². The fourth-order valence-electron chi connectivity index (χ4n) is 2.28. The number of aliphatic hydroxyl groups is 1. The van der Waals surface area contributed by atoms with Crippen LogP contribution in [0.25, 0.3) is 0 Å². The van der Waals surface area contributed by atoms with Crippen molar-refractivity contribution in [1.82, 2.24) is 0 Å². The lowest BCUT2D eigenvalue weighted by atomic mass is 9.77. The standard InChI is InChI=1S/C15H24O3/c1-10(2)15(18)9-13(16)12(4)7-5-6-11(3)8-14(15)17/h6,10,12,18H,5,7-9H2,1-4H3/b11-6+/t12-,15+/m0/s1. The summed E-state index contributed by atoms with van der Waals surface area (Å²) in [5, 5.41) is 10.5. The van der Waals surface area contributed by atoms with E-state index in [2.05, 4.69) is 0 Å². The molecule has 0 aromatic heterocycles. The van der Waals surface area contributed by atoms with Gasteiger partial charge < -0.3 is 5.11 Å². The van der Waals surface area contributed by atoms with Crippen LogP contribution in [0.2, 0.25) is 0 Å². The Morgan fingerprint density at radius 1 is 1.39 bits per heavy atom. The van der Waals surface area contributed by atoms with Gasteiger partial charge in [-0.1, -0.05) is 32.4 Å². The zero-order chi connectivity index (χ0) is 13.9. The van der Waals surface area contributed by atoms with Crippen LogP contribution in [0.15, 0.2) is 11.6 Å². The van der Waals surface area contributed by atoms with Crippen LogP contribution in [-0.4, -0.2) is 22.3 Å². The van der Waals surface area contributed by atoms with Crippen molar-refractivity contribution in [2.24, 2.45) is 11.8 Å². The highest BCUT2D eigenvalue weighted by molar-refractivity contribution is 5.95. The molecule has 0 aliphatic heterocycles. The number of rotatable bonds is 1. The van der Waals surface area contributed by atoms with Gasteiger partial charge in [0.1, 0.15) is 11.4 Å². The fraction of sp³-hybridized carbons (Fsp3) is 0.733. The van der Waals surface area contributed by atoms with Gasteiger partial charge in [-0.05, 0) is 25.7 Å². The number of ketones is 2. The molecule has 1 aliphatic carbocycles. The van der Waals surface area contributed by atoms with E-state index in [4.69, 9.17) is 0 Å². The summed E-state index contributed by atoms with van der Waals surface area (Å²) in [6.45, 7) is 7.37. The van der Waals surface area contributed by atoms with Crippen molar-refractivity contribution in [3.05, 3.63) is 11.6 Å². The number of carbonyl (C=O) groups is 2. The average Bonchev–Trinajstić information content (AvgIpc) is 2.26. The van der Waals surface area contributed by atoms with E-state index in [0.29, 0.717) is 0 Å². The quantitative estimate of drug-likeness (QED) is 0.730. The highest BCUT2D eigenvalue weighted by Gasteiger charge is 2.41. The first-order valence-electron chi connectivity index (χ1n) is 6.71. The fourth-order valence-corrected chi connectivity index (χ4v) is 2.28. The smallest absolute Gasteiger partial charge is 0.169 e. The van der Waals surface area contributed by atoms with Gasteiger partial charge in [0, 0.05) is 18.8 Å². The first-order chi connectivity index (χ1) is 8.27. The molecule has 0 bridgehead atoms. The predicted octanol–water partition coefficient (Wildman–Crippen LogP) is 2.67. The molecule has 0 unspecified atom stereocenters. The van der Waals surface area contributed by atoms with Crippen molar-refractivity contribution in [2.45, 2.75) is 59.0 Å². The molecular formula is C15H24O3. The van der Waals surface area contributed by atoms with Crippen LogP contribution in [0.1, 0.15) is 53.4 Å². The lowest BCUT2D eigenvalue weighted by Crippen LogP contribution is -2.46. The molecule has 2 atom stereocenters.